The van der Waals surface area contributed by atoms with Crippen molar-refractivity contribution in [3.05, 3.63) is 11.6 Å². The van der Waals surface area contributed by atoms with E-state index in [-0.39, 0.29) is 16.8 Å². The van der Waals surface area contributed by atoms with Gasteiger partial charge in [0.2, 0.25) is 0 Å². The highest BCUT2D eigenvalue weighted by atomic mass is 16.7. The molecule has 0 N–H and O–H groups in total. The van der Waals surface area contributed by atoms with E-state index in [0.717, 1.165) is 43.2 Å². The third-order valence-corrected chi connectivity index (χ3v) is 8.78. The van der Waals surface area contributed by atoms with E-state index in [9.17, 15) is 9.59 Å². The molecule has 2 unspecified atom stereocenters. The molecule has 0 aliphatic heterocycles. The molecule has 4 nitrogen and oxygen atoms in total. The first-order valence-corrected chi connectivity index (χ1v) is 10.7. The van der Waals surface area contributed by atoms with Crippen molar-refractivity contribution in [1.29, 1.82) is 0 Å². The largest absolute Gasteiger partial charge is 0.331 e. The van der Waals surface area contributed by atoms with E-state index in [4.69, 9.17) is 4.84 Å². The molecule has 4 heteroatoms. The fourth-order valence-electron chi connectivity index (χ4n) is 7.45. The predicted octanol–water partition coefficient (Wildman–Crippen LogP) is 5.07. The van der Waals surface area contributed by atoms with Crippen LogP contribution in [0.5, 0.6) is 0 Å². The molecule has 0 aromatic rings. The number of hydrogen-bond donors (Lipinski definition) is 0. The topological polar surface area (TPSA) is 55.7 Å². The number of carbonyl (C=O) groups is 2. The minimum atomic E-state index is -0.343. The maximum absolute atomic E-state index is 12.0. The van der Waals surface area contributed by atoms with Crippen LogP contribution in [-0.4, -0.2) is 17.5 Å². The van der Waals surface area contributed by atoms with E-state index in [0.29, 0.717) is 17.6 Å². The van der Waals surface area contributed by atoms with E-state index in [1.807, 2.05) is 13.0 Å². The van der Waals surface area contributed by atoms with Crippen LogP contribution in [0.1, 0.15) is 79.1 Å². The molecule has 0 heterocycles. The number of oxime groups is 1. The maximum Gasteiger partial charge on any atom is 0.331 e. The summed E-state index contributed by atoms with van der Waals surface area (Å²) in [5.41, 5.74) is 2.92. The fourth-order valence-corrected chi connectivity index (χ4v) is 7.45. The molecule has 148 valence electrons. The summed E-state index contributed by atoms with van der Waals surface area (Å²) in [5.74, 6) is 2.60. The van der Waals surface area contributed by atoms with Gasteiger partial charge in [-0.25, -0.2) is 4.79 Å². The maximum atomic E-state index is 12.0. The first-order chi connectivity index (χ1) is 12.8. The van der Waals surface area contributed by atoms with Crippen molar-refractivity contribution < 1.29 is 14.4 Å². The van der Waals surface area contributed by atoms with Gasteiger partial charge in [-0.2, -0.15) is 0 Å². The van der Waals surface area contributed by atoms with E-state index in [1.165, 1.54) is 38.2 Å². The van der Waals surface area contributed by atoms with Crippen molar-refractivity contribution in [3.63, 3.8) is 0 Å². The van der Waals surface area contributed by atoms with Crippen LogP contribution in [0.4, 0.5) is 0 Å². The Hall–Kier alpha value is -1.45. The summed E-state index contributed by atoms with van der Waals surface area (Å²) in [4.78, 5) is 28.1. The highest BCUT2D eigenvalue weighted by Crippen LogP contribution is 2.66. The number of rotatable bonds is 2. The smallest absolute Gasteiger partial charge is 0.319 e. The first-order valence-electron chi connectivity index (χ1n) is 10.7. The molecule has 0 bridgehead atoms. The lowest BCUT2D eigenvalue weighted by atomic mass is 9.46. The molecule has 3 fully saturated rings. The van der Waals surface area contributed by atoms with Crippen LogP contribution in [-0.2, 0) is 14.4 Å². The summed E-state index contributed by atoms with van der Waals surface area (Å²) in [5, 5.41) is 4.15. The zero-order valence-electron chi connectivity index (χ0n) is 17.2. The van der Waals surface area contributed by atoms with Crippen LogP contribution in [0.3, 0.4) is 0 Å². The standard InChI is InChI=1S/C23H33NO3/c1-14(24-27-15(2)25)19-7-8-20-18-6-5-16-13-17(26)9-11-22(16,3)21(18)10-12-23(19,20)4/h13,18-21H,5-12H2,1-4H3/b24-14+/t18-,19+,20?,21?,22-,23+/m0/s1. The van der Waals surface area contributed by atoms with Gasteiger partial charge in [0.15, 0.2) is 5.78 Å². The van der Waals surface area contributed by atoms with Gasteiger partial charge in [-0.15, -0.1) is 0 Å². The van der Waals surface area contributed by atoms with Gasteiger partial charge in [-0.1, -0.05) is 24.6 Å². The normalized spacial score (nSPS) is 44.1. The lowest BCUT2D eigenvalue weighted by Gasteiger charge is -2.58. The van der Waals surface area contributed by atoms with Crippen LogP contribution in [0.2, 0.25) is 0 Å². The van der Waals surface area contributed by atoms with Gasteiger partial charge < -0.3 is 4.84 Å². The molecule has 0 radical (unpaired) electrons. The second-order valence-corrected chi connectivity index (χ2v) is 9.96. The molecule has 0 spiro atoms. The lowest BCUT2D eigenvalue weighted by Crippen LogP contribution is -2.51. The van der Waals surface area contributed by atoms with Gasteiger partial charge in [0.1, 0.15) is 0 Å². The number of carbonyl (C=O) groups excluding carboxylic acids is 2. The van der Waals surface area contributed by atoms with Crippen molar-refractivity contribution >= 4 is 17.5 Å². The van der Waals surface area contributed by atoms with Crippen molar-refractivity contribution in [2.24, 2.45) is 39.7 Å². The summed E-state index contributed by atoms with van der Waals surface area (Å²) in [6.07, 6.45) is 10.9. The Labute approximate surface area is 162 Å². The summed E-state index contributed by atoms with van der Waals surface area (Å²) in [7, 11) is 0. The third-order valence-electron chi connectivity index (χ3n) is 8.78. The number of nitrogens with zero attached hydrogens (tertiary/aromatic N) is 1. The summed E-state index contributed by atoms with van der Waals surface area (Å²) < 4.78 is 0. The molecule has 3 saturated carbocycles. The third kappa shape index (κ3) is 2.91. The van der Waals surface area contributed by atoms with Crippen LogP contribution in [0.15, 0.2) is 16.8 Å². The molecule has 27 heavy (non-hydrogen) atoms. The summed E-state index contributed by atoms with van der Waals surface area (Å²) in [6, 6.07) is 0. The SMILES string of the molecule is CC(=O)O/N=C(\C)[C@H]1CCC2[C@@H]3CCC4=CC(=O)CC[C@]4(C)C3CC[C@@]21C. The highest BCUT2D eigenvalue weighted by Gasteiger charge is 2.59. The minimum absolute atomic E-state index is 0.233. The van der Waals surface area contributed by atoms with E-state index in [2.05, 4.69) is 19.0 Å². The fraction of sp³-hybridized carbons (Fsp3) is 0.783. The van der Waals surface area contributed by atoms with Gasteiger partial charge in [0.05, 0.1) is 5.71 Å². The van der Waals surface area contributed by atoms with Crippen LogP contribution in [0, 0.1) is 34.5 Å². The monoisotopic (exact) mass is 371 g/mol. The number of fused-ring (bicyclic) bond motifs is 5. The average Bonchev–Trinajstić information content (AvgIpc) is 2.97. The molecular formula is C23H33NO3. The van der Waals surface area contributed by atoms with E-state index in [1.54, 1.807) is 0 Å². The molecule has 0 saturated heterocycles. The van der Waals surface area contributed by atoms with Crippen LogP contribution in [0.25, 0.3) is 0 Å². The second kappa shape index (κ2) is 6.56. The molecule has 6 atom stereocenters. The molecule has 4 rings (SSSR count). The zero-order valence-corrected chi connectivity index (χ0v) is 17.2. The van der Waals surface area contributed by atoms with Gasteiger partial charge >= 0.3 is 5.97 Å². The first kappa shape index (κ1) is 18.9. The van der Waals surface area contributed by atoms with E-state index < -0.39 is 0 Å². The van der Waals surface area contributed by atoms with Crippen LogP contribution < -0.4 is 0 Å². The lowest BCUT2D eigenvalue weighted by molar-refractivity contribution is -0.141. The molecule has 0 amide bonds. The van der Waals surface area contributed by atoms with E-state index >= 15 is 0 Å². The second-order valence-electron chi connectivity index (χ2n) is 9.96. The van der Waals surface area contributed by atoms with Crippen LogP contribution >= 0.6 is 0 Å². The Balaban J connectivity index is 1.59. The Kier molecular flexibility index (Phi) is 4.59. The molecule has 0 aromatic carbocycles. The minimum Gasteiger partial charge on any atom is -0.319 e. The van der Waals surface area contributed by atoms with Crippen molar-refractivity contribution in [2.75, 3.05) is 0 Å². The molecule has 0 aromatic heterocycles. The number of hydrogen-bond acceptors (Lipinski definition) is 4. The van der Waals surface area contributed by atoms with Gasteiger partial charge in [0, 0.05) is 19.3 Å². The predicted molar refractivity (Wildman–Crippen MR) is 105 cm³/mol. The molecular weight excluding hydrogens is 338 g/mol. The van der Waals surface area contributed by atoms with Crippen molar-refractivity contribution in [3.8, 4) is 0 Å². The van der Waals surface area contributed by atoms with Gasteiger partial charge in [0.25, 0.3) is 0 Å². The Bertz CT molecular complexity index is 723. The quantitative estimate of drug-likeness (QED) is 0.387. The zero-order chi connectivity index (χ0) is 19.4. The van der Waals surface area contributed by atoms with Crippen molar-refractivity contribution in [2.45, 2.75) is 79.1 Å². The average molecular weight is 372 g/mol. The number of allylic oxidation sites excluding steroid dienone is 1. The summed E-state index contributed by atoms with van der Waals surface area (Å²) in [6.45, 7) is 8.33. The Morgan fingerprint density at radius 2 is 1.85 bits per heavy atom. The Morgan fingerprint density at radius 1 is 1.07 bits per heavy atom. The van der Waals surface area contributed by atoms with Crippen molar-refractivity contribution in [1.82, 2.24) is 0 Å². The van der Waals surface area contributed by atoms with Gasteiger partial charge in [-0.05, 0) is 86.5 Å². The highest BCUT2D eigenvalue weighted by molar-refractivity contribution is 5.91. The molecule has 4 aliphatic rings. The molecule has 4 aliphatic carbocycles. The summed E-state index contributed by atoms with van der Waals surface area (Å²) >= 11 is 0. The number of ketones is 1. The van der Waals surface area contributed by atoms with Gasteiger partial charge in [-0.3, -0.25) is 4.79 Å². The Morgan fingerprint density at radius 3 is 2.59 bits per heavy atom.